The minimum absolute atomic E-state index is 0.000689. The fraction of sp³-hybridized carbons (Fsp3) is 0.302. The number of rotatable bonds is 18. The second-order valence-corrected chi connectivity index (χ2v) is 14.3. The molecular weight excluding hydrogens is 741 g/mol. The van der Waals surface area contributed by atoms with Crippen LogP contribution in [0.5, 0.6) is 5.75 Å². The summed E-state index contributed by atoms with van der Waals surface area (Å²) in [6, 6.07) is 20.9. The molecule has 298 valence electrons. The van der Waals surface area contributed by atoms with E-state index in [-0.39, 0.29) is 48.1 Å². The van der Waals surface area contributed by atoms with Crippen molar-refractivity contribution in [3.8, 4) is 17.0 Å². The van der Waals surface area contributed by atoms with Gasteiger partial charge in [0.25, 0.3) is 17.7 Å². The number of carbonyl (C=O) groups excluding carboxylic acids is 6. The zero-order valence-corrected chi connectivity index (χ0v) is 31.8. The number of H-pyrrole nitrogens is 1. The van der Waals surface area contributed by atoms with Gasteiger partial charge in [-0.3, -0.25) is 39.0 Å². The smallest absolute Gasteiger partial charge is 0.266 e. The van der Waals surface area contributed by atoms with Gasteiger partial charge in [-0.15, -0.1) is 0 Å². The van der Waals surface area contributed by atoms with Crippen LogP contribution in [0.15, 0.2) is 85.3 Å². The SMILES string of the molecule is O=C(COc1cccc2c1C(=O)N(C1CCC(=O)NC1=O)C2=O)NCCCCCCCCCC(=O)Nc1cccc(Nc2cc(-c3c[nH]c4ccccc34)ncn2)c1. The second-order valence-electron chi connectivity index (χ2n) is 14.3. The van der Waals surface area contributed by atoms with Gasteiger partial charge >= 0.3 is 0 Å². The Morgan fingerprint density at radius 1 is 0.793 bits per heavy atom. The first-order chi connectivity index (χ1) is 28.2. The van der Waals surface area contributed by atoms with E-state index in [4.69, 9.17) is 4.74 Å². The minimum Gasteiger partial charge on any atom is -0.483 e. The van der Waals surface area contributed by atoms with Crippen molar-refractivity contribution in [2.45, 2.75) is 70.3 Å². The number of benzene rings is 3. The highest BCUT2D eigenvalue weighted by molar-refractivity contribution is 6.24. The zero-order chi connectivity index (χ0) is 40.4. The molecule has 0 radical (unpaired) electrons. The number of fused-ring (bicyclic) bond motifs is 2. The first-order valence-electron chi connectivity index (χ1n) is 19.5. The minimum atomic E-state index is -1.09. The maximum Gasteiger partial charge on any atom is 0.266 e. The lowest BCUT2D eigenvalue weighted by molar-refractivity contribution is -0.136. The van der Waals surface area contributed by atoms with Crippen LogP contribution in [0.3, 0.4) is 0 Å². The Kier molecular flexibility index (Phi) is 12.5. The van der Waals surface area contributed by atoms with Crippen molar-refractivity contribution in [1.29, 1.82) is 0 Å². The number of unbranched alkanes of at least 4 members (excludes halogenated alkanes) is 6. The van der Waals surface area contributed by atoms with Crippen molar-refractivity contribution in [2.24, 2.45) is 0 Å². The van der Waals surface area contributed by atoms with Gasteiger partial charge < -0.3 is 25.7 Å². The molecule has 3 aromatic carbocycles. The molecule has 0 spiro atoms. The van der Waals surface area contributed by atoms with Crippen LogP contribution in [-0.2, 0) is 19.2 Å². The molecule has 7 rings (SSSR count). The molecule has 5 aromatic rings. The fourth-order valence-corrected chi connectivity index (χ4v) is 7.22. The number of aromatic amines is 1. The summed E-state index contributed by atoms with van der Waals surface area (Å²) < 4.78 is 5.64. The van der Waals surface area contributed by atoms with Gasteiger partial charge in [-0.2, -0.15) is 0 Å². The van der Waals surface area contributed by atoms with E-state index in [1.54, 1.807) is 6.07 Å². The maximum absolute atomic E-state index is 13.2. The maximum atomic E-state index is 13.2. The van der Waals surface area contributed by atoms with Crippen LogP contribution in [0, 0.1) is 0 Å². The lowest BCUT2D eigenvalue weighted by Gasteiger charge is -2.27. The Labute approximate surface area is 334 Å². The number of carbonyl (C=O) groups is 6. The molecule has 2 aliphatic rings. The van der Waals surface area contributed by atoms with Crippen molar-refractivity contribution in [3.63, 3.8) is 0 Å². The normalized spacial score (nSPS) is 15.0. The third kappa shape index (κ3) is 9.37. The molecule has 15 nitrogen and oxygen atoms in total. The molecule has 1 unspecified atom stereocenters. The first kappa shape index (κ1) is 39.3. The lowest BCUT2D eigenvalue weighted by atomic mass is 10.0. The number of amides is 6. The number of hydrogen-bond donors (Lipinski definition) is 5. The summed E-state index contributed by atoms with van der Waals surface area (Å²) in [5, 5.41) is 12.4. The molecule has 58 heavy (non-hydrogen) atoms. The number of nitrogens with zero attached hydrogens (tertiary/aromatic N) is 3. The third-order valence-electron chi connectivity index (χ3n) is 10.1. The van der Waals surface area contributed by atoms with Gasteiger partial charge in [0.15, 0.2) is 6.61 Å². The molecule has 6 amide bonds. The Bertz CT molecular complexity index is 2360. The fourth-order valence-electron chi connectivity index (χ4n) is 7.22. The van der Waals surface area contributed by atoms with E-state index in [1.165, 1.54) is 18.5 Å². The molecule has 15 heteroatoms. The van der Waals surface area contributed by atoms with Crippen molar-refractivity contribution in [3.05, 3.63) is 96.4 Å². The van der Waals surface area contributed by atoms with Gasteiger partial charge in [0.05, 0.1) is 16.8 Å². The average molecular weight is 785 g/mol. The number of hydrogen-bond acceptors (Lipinski definition) is 10. The van der Waals surface area contributed by atoms with Gasteiger partial charge in [-0.1, -0.05) is 62.4 Å². The number of aromatic nitrogens is 3. The molecule has 1 saturated heterocycles. The van der Waals surface area contributed by atoms with Crippen molar-refractivity contribution in [1.82, 2.24) is 30.5 Å². The summed E-state index contributed by atoms with van der Waals surface area (Å²) in [4.78, 5) is 88.2. The van der Waals surface area contributed by atoms with Crippen LogP contribution in [0.25, 0.3) is 22.2 Å². The summed E-state index contributed by atoms with van der Waals surface area (Å²) in [5.74, 6) is -2.16. The van der Waals surface area contributed by atoms with Crippen LogP contribution >= 0.6 is 0 Å². The highest BCUT2D eigenvalue weighted by Crippen LogP contribution is 2.34. The molecule has 0 saturated carbocycles. The number of ether oxygens (including phenoxy) is 1. The van der Waals surface area contributed by atoms with E-state index in [0.717, 1.165) is 77.7 Å². The monoisotopic (exact) mass is 784 g/mol. The number of nitrogens with one attached hydrogen (secondary N) is 5. The summed E-state index contributed by atoms with van der Waals surface area (Å²) in [7, 11) is 0. The Morgan fingerprint density at radius 2 is 1.57 bits per heavy atom. The Balaban J connectivity index is 0.747. The third-order valence-corrected chi connectivity index (χ3v) is 10.1. The standard InChI is InChI=1S/C43H44N8O7/c52-37(49-28-13-10-12-27(22-28)48-36-23-33(46-26-47-36)31-24-45-32-16-8-7-14-29(31)32)18-6-4-2-1-3-5-9-21-44-39(54)25-58-35-17-11-15-30-40(35)43(57)51(42(30)56)34-19-20-38(53)50-41(34)55/h7-8,10-17,22-24,26,34,45H,1-6,9,18-21,25H2,(H,44,54)(H,49,52)(H,46,47,48)(H,50,53,55). The molecular formula is C43H44N8O7. The Hall–Kier alpha value is -6.90. The van der Waals surface area contributed by atoms with E-state index in [1.807, 2.05) is 54.7 Å². The predicted molar refractivity (Wildman–Crippen MR) is 216 cm³/mol. The van der Waals surface area contributed by atoms with Gasteiger partial charge in [0.2, 0.25) is 17.7 Å². The molecule has 2 aromatic heterocycles. The predicted octanol–water partition coefficient (Wildman–Crippen LogP) is 6.02. The summed E-state index contributed by atoms with van der Waals surface area (Å²) >= 11 is 0. The molecule has 2 aliphatic heterocycles. The van der Waals surface area contributed by atoms with Crippen LogP contribution < -0.4 is 26.0 Å². The van der Waals surface area contributed by atoms with Gasteiger partial charge in [-0.05, 0) is 55.7 Å². The Morgan fingerprint density at radius 3 is 2.41 bits per heavy atom. The number of para-hydroxylation sites is 1. The molecule has 5 N–H and O–H groups in total. The summed E-state index contributed by atoms with van der Waals surface area (Å²) in [6.07, 6.45) is 10.5. The molecule has 4 heterocycles. The van der Waals surface area contributed by atoms with Gasteiger partial charge in [-0.25, -0.2) is 9.97 Å². The lowest BCUT2D eigenvalue weighted by Crippen LogP contribution is -2.54. The highest BCUT2D eigenvalue weighted by atomic mass is 16.5. The van der Waals surface area contributed by atoms with Crippen molar-refractivity contribution in [2.75, 3.05) is 23.8 Å². The zero-order valence-electron chi connectivity index (χ0n) is 31.8. The van der Waals surface area contributed by atoms with Gasteiger partial charge in [0, 0.05) is 59.5 Å². The van der Waals surface area contributed by atoms with Crippen LogP contribution in [0.1, 0.15) is 84.9 Å². The summed E-state index contributed by atoms with van der Waals surface area (Å²) in [5.41, 5.74) is 4.41. The van der Waals surface area contributed by atoms with Crippen molar-refractivity contribution < 1.29 is 33.5 Å². The second kappa shape index (κ2) is 18.4. The van der Waals surface area contributed by atoms with E-state index in [2.05, 4.69) is 42.3 Å². The first-order valence-corrected chi connectivity index (χ1v) is 19.5. The van der Waals surface area contributed by atoms with Crippen LogP contribution in [0.2, 0.25) is 0 Å². The van der Waals surface area contributed by atoms with E-state index in [0.29, 0.717) is 24.5 Å². The molecule has 1 fully saturated rings. The molecule has 0 bridgehead atoms. The van der Waals surface area contributed by atoms with Gasteiger partial charge in [0.1, 0.15) is 23.9 Å². The van der Waals surface area contributed by atoms with E-state index >= 15 is 0 Å². The average Bonchev–Trinajstić information content (AvgIpc) is 3.76. The number of anilines is 3. The molecule has 1 atom stereocenters. The number of imide groups is 2. The van der Waals surface area contributed by atoms with Crippen molar-refractivity contribution >= 4 is 63.5 Å². The van der Waals surface area contributed by atoms with E-state index in [9.17, 15) is 28.8 Å². The quantitative estimate of drug-likeness (QED) is 0.0516. The van der Waals surface area contributed by atoms with E-state index < -0.39 is 29.7 Å². The largest absolute Gasteiger partial charge is 0.483 e. The topological polar surface area (TPSA) is 205 Å². The summed E-state index contributed by atoms with van der Waals surface area (Å²) in [6.45, 7) is 0.126. The van der Waals surface area contributed by atoms with Crippen LogP contribution in [0.4, 0.5) is 17.2 Å². The highest BCUT2D eigenvalue weighted by Gasteiger charge is 2.46. The number of piperidine rings is 1. The van der Waals surface area contributed by atoms with Crippen LogP contribution in [-0.4, -0.2) is 74.5 Å². The molecule has 0 aliphatic carbocycles.